The second-order valence-corrected chi connectivity index (χ2v) is 9.97. The molecule has 0 aromatic heterocycles. The van der Waals surface area contributed by atoms with Gasteiger partial charge >= 0.3 is 0 Å². The van der Waals surface area contributed by atoms with Gasteiger partial charge in [-0.15, -0.1) is 0 Å². The zero-order chi connectivity index (χ0) is 27.4. The lowest BCUT2D eigenvalue weighted by molar-refractivity contribution is 0.0842. The molecule has 1 aliphatic heterocycles. The summed E-state index contributed by atoms with van der Waals surface area (Å²) in [6, 6.07) is 4.21. The predicted molar refractivity (Wildman–Crippen MR) is 143 cm³/mol. The van der Waals surface area contributed by atoms with Crippen molar-refractivity contribution in [2.24, 2.45) is 0 Å². The minimum Gasteiger partial charge on any atom is -0.507 e. The van der Waals surface area contributed by atoms with E-state index in [0.29, 0.717) is 23.1 Å². The van der Waals surface area contributed by atoms with Crippen LogP contribution in [0.3, 0.4) is 0 Å². The van der Waals surface area contributed by atoms with Crippen LogP contribution in [0.5, 0.6) is 28.7 Å². The highest BCUT2D eigenvalue weighted by atomic mass is 16.5. The van der Waals surface area contributed by atoms with Gasteiger partial charge in [-0.3, -0.25) is 4.79 Å². The smallest absolute Gasteiger partial charge is 0.174 e. The first-order valence-electron chi connectivity index (χ1n) is 12.3. The average molecular weight is 509 g/mol. The van der Waals surface area contributed by atoms with E-state index in [1.54, 1.807) is 13.0 Å². The van der Waals surface area contributed by atoms with Gasteiger partial charge in [0.1, 0.15) is 28.9 Å². The number of fused-ring (bicyclic) bond motifs is 1. The fourth-order valence-corrected chi connectivity index (χ4v) is 4.37. The fraction of sp³-hybridized carbons (Fsp3) is 0.367. The highest BCUT2D eigenvalue weighted by Crippen LogP contribution is 2.46. The molecule has 37 heavy (non-hydrogen) atoms. The van der Waals surface area contributed by atoms with Crippen LogP contribution >= 0.6 is 0 Å². The van der Waals surface area contributed by atoms with E-state index in [0.717, 1.165) is 18.4 Å². The monoisotopic (exact) mass is 508 g/mol. The summed E-state index contributed by atoms with van der Waals surface area (Å²) in [5, 5.41) is 52.2. The Morgan fingerprint density at radius 2 is 1.76 bits per heavy atom. The summed E-state index contributed by atoms with van der Waals surface area (Å²) in [6.45, 7) is 11.4. The molecule has 0 saturated carbocycles. The molecule has 0 fully saturated rings. The van der Waals surface area contributed by atoms with Gasteiger partial charge in [-0.1, -0.05) is 41.5 Å². The number of hydrogen-bond donors (Lipinski definition) is 5. The predicted octanol–water partition coefficient (Wildman–Crippen LogP) is 5.93. The van der Waals surface area contributed by atoms with Gasteiger partial charge in [0.2, 0.25) is 0 Å². The van der Waals surface area contributed by atoms with Gasteiger partial charge in [0, 0.05) is 29.2 Å². The first kappa shape index (κ1) is 27.9. The number of hydrogen-bond acceptors (Lipinski definition) is 7. The van der Waals surface area contributed by atoms with Crippen LogP contribution in [-0.4, -0.2) is 37.4 Å². The van der Waals surface area contributed by atoms with Crippen molar-refractivity contribution in [1.29, 1.82) is 0 Å². The second kappa shape index (κ2) is 11.6. The third-order valence-electron chi connectivity index (χ3n) is 6.62. The molecular weight excluding hydrogens is 472 g/mol. The van der Waals surface area contributed by atoms with Crippen molar-refractivity contribution in [3.05, 3.63) is 75.9 Å². The number of ketones is 1. The highest BCUT2D eigenvalue weighted by molar-refractivity contribution is 6.03. The summed E-state index contributed by atoms with van der Waals surface area (Å²) in [5.41, 5.74) is 3.78. The summed E-state index contributed by atoms with van der Waals surface area (Å²) < 4.78 is 6.05. The van der Waals surface area contributed by atoms with Crippen LogP contribution in [0.1, 0.15) is 80.1 Å². The standard InChI is InChI=1S/C30H36O7/c1-16(2)7-6-8-18(5)9-10-20-19(11-12-22(31)29(20)35)26-15-25(34)28-27(37-26)14-24(33)21(30(28)36)13-23(32)17(3)4/h7,9,11-12,14,23,26,31-33,35-36H,3,6,8,10,13,15H2,1-2,4-5H3/t23-,26+/m1/s1. The SMILES string of the molecule is C=C(C)[C@H](O)Cc1c(O)cc2c(c1O)C(=O)C[C@@H](c1ccc(O)c(O)c1CC=C(C)CCC=C(C)C)O2. The quantitative estimate of drug-likeness (QED) is 0.210. The molecule has 2 atom stereocenters. The lowest BCUT2D eigenvalue weighted by Gasteiger charge is -2.29. The van der Waals surface area contributed by atoms with Gasteiger partial charge in [-0.05, 0) is 53.0 Å². The molecule has 0 aliphatic carbocycles. The maximum absolute atomic E-state index is 13.1. The van der Waals surface area contributed by atoms with Crippen molar-refractivity contribution in [2.75, 3.05) is 0 Å². The van der Waals surface area contributed by atoms with Gasteiger partial charge in [0.25, 0.3) is 0 Å². The fourth-order valence-electron chi connectivity index (χ4n) is 4.37. The Morgan fingerprint density at radius 3 is 2.41 bits per heavy atom. The largest absolute Gasteiger partial charge is 0.507 e. The van der Waals surface area contributed by atoms with Crippen molar-refractivity contribution in [1.82, 2.24) is 0 Å². The number of benzene rings is 2. The van der Waals surface area contributed by atoms with Crippen LogP contribution in [0.4, 0.5) is 0 Å². The zero-order valence-corrected chi connectivity index (χ0v) is 21.8. The van der Waals surface area contributed by atoms with Crippen molar-refractivity contribution in [2.45, 2.75) is 72.0 Å². The molecule has 1 aliphatic rings. The Hall–Kier alpha value is -3.71. The van der Waals surface area contributed by atoms with Crippen LogP contribution in [-0.2, 0) is 12.8 Å². The molecular formula is C30H36O7. The van der Waals surface area contributed by atoms with Crippen molar-refractivity contribution < 1.29 is 35.1 Å². The Morgan fingerprint density at radius 1 is 1.05 bits per heavy atom. The first-order valence-corrected chi connectivity index (χ1v) is 12.3. The third kappa shape index (κ3) is 6.35. The Kier molecular flexibility index (Phi) is 8.71. The average Bonchev–Trinajstić information content (AvgIpc) is 2.81. The van der Waals surface area contributed by atoms with E-state index < -0.39 is 23.7 Å². The van der Waals surface area contributed by atoms with E-state index in [4.69, 9.17) is 4.74 Å². The number of ether oxygens (including phenoxy) is 1. The number of aliphatic hydroxyl groups excluding tert-OH is 1. The number of phenols is 4. The van der Waals surface area contributed by atoms with Crippen LogP contribution in [0, 0.1) is 0 Å². The van der Waals surface area contributed by atoms with Crippen molar-refractivity contribution >= 4 is 5.78 Å². The van der Waals surface area contributed by atoms with Gasteiger partial charge in [0.05, 0.1) is 12.5 Å². The highest BCUT2D eigenvalue weighted by Gasteiger charge is 2.34. The number of carbonyl (C=O) groups excluding carboxylic acids is 1. The molecule has 1 heterocycles. The van der Waals surface area contributed by atoms with Crippen molar-refractivity contribution in [3.63, 3.8) is 0 Å². The Balaban J connectivity index is 1.94. The summed E-state index contributed by atoms with van der Waals surface area (Å²) in [7, 11) is 0. The number of Topliss-reactive ketones (excluding diaryl/α,β-unsaturated/α-hetero) is 1. The molecule has 7 nitrogen and oxygen atoms in total. The van der Waals surface area contributed by atoms with Crippen LogP contribution in [0.25, 0.3) is 0 Å². The molecule has 198 valence electrons. The molecule has 2 aromatic rings. The van der Waals surface area contributed by atoms with E-state index in [-0.39, 0.29) is 47.0 Å². The first-order chi connectivity index (χ1) is 17.4. The molecule has 0 bridgehead atoms. The molecule has 5 N–H and O–H groups in total. The summed E-state index contributed by atoms with van der Waals surface area (Å²) >= 11 is 0. The second-order valence-electron chi connectivity index (χ2n) is 9.97. The summed E-state index contributed by atoms with van der Waals surface area (Å²) in [5.74, 6) is -1.68. The number of aromatic hydroxyl groups is 4. The Labute approximate surface area is 217 Å². The Bertz CT molecular complexity index is 1270. The zero-order valence-electron chi connectivity index (χ0n) is 21.8. The van der Waals surface area contributed by atoms with Crippen LogP contribution in [0.15, 0.2) is 53.6 Å². The number of aliphatic hydroxyl groups is 1. The third-order valence-corrected chi connectivity index (χ3v) is 6.62. The molecule has 7 heteroatoms. The topological polar surface area (TPSA) is 127 Å². The van der Waals surface area contributed by atoms with Gasteiger partial charge < -0.3 is 30.3 Å². The molecule has 0 radical (unpaired) electrons. The minimum absolute atomic E-state index is 0.0109. The number of rotatable bonds is 9. The van der Waals surface area contributed by atoms with E-state index in [1.807, 2.05) is 26.8 Å². The molecule has 0 unspecified atom stereocenters. The molecule has 3 rings (SSSR count). The number of phenolic OH excluding ortho intramolecular Hbond substituents is 4. The van der Waals surface area contributed by atoms with Crippen LogP contribution < -0.4 is 4.74 Å². The number of carbonyl (C=O) groups is 1. The minimum atomic E-state index is -0.997. The van der Waals surface area contributed by atoms with E-state index in [1.165, 1.54) is 17.7 Å². The van der Waals surface area contributed by atoms with E-state index >= 15 is 0 Å². The van der Waals surface area contributed by atoms with Crippen LogP contribution in [0.2, 0.25) is 0 Å². The van der Waals surface area contributed by atoms with Gasteiger partial charge in [-0.2, -0.15) is 0 Å². The summed E-state index contributed by atoms with van der Waals surface area (Å²) in [4.78, 5) is 13.1. The summed E-state index contributed by atoms with van der Waals surface area (Å²) in [6.07, 6.45) is 4.20. The van der Waals surface area contributed by atoms with Crippen molar-refractivity contribution in [3.8, 4) is 28.7 Å². The maximum atomic E-state index is 13.1. The molecule has 0 saturated heterocycles. The molecule has 2 aromatic carbocycles. The van der Waals surface area contributed by atoms with E-state index in [9.17, 15) is 30.3 Å². The lowest BCUT2D eigenvalue weighted by atomic mass is 9.89. The molecule has 0 spiro atoms. The van der Waals surface area contributed by atoms with Gasteiger partial charge in [0.15, 0.2) is 17.3 Å². The normalized spacial score (nSPS) is 16.1. The molecule has 0 amide bonds. The lowest BCUT2D eigenvalue weighted by Crippen LogP contribution is -2.22. The van der Waals surface area contributed by atoms with E-state index in [2.05, 4.69) is 12.7 Å². The van der Waals surface area contributed by atoms with Gasteiger partial charge in [-0.25, -0.2) is 0 Å². The maximum Gasteiger partial charge on any atom is 0.174 e. The number of allylic oxidation sites excluding steroid dienone is 4.